The van der Waals surface area contributed by atoms with Crippen LogP contribution in [-0.2, 0) is 11.3 Å². The van der Waals surface area contributed by atoms with Crippen molar-refractivity contribution in [1.82, 2.24) is 0 Å². The van der Waals surface area contributed by atoms with E-state index < -0.39 is 0 Å². The molecule has 1 amide bonds. The number of carbonyl (C=O) groups is 1. The SMILES string of the molecule is O=C(C[NH+]1CC[NH+](Cc2cccc(Cl)c2)CC1)Nc1cccc(F)c1. The first-order chi connectivity index (χ1) is 12.1. The van der Waals surface area contributed by atoms with Gasteiger partial charge < -0.3 is 15.1 Å². The Labute approximate surface area is 152 Å². The standard InChI is InChI=1S/C19H21ClFN3O/c20-16-4-1-3-15(11-16)13-23-7-9-24(10-8-23)14-19(25)22-18-6-2-5-17(21)12-18/h1-6,11-12H,7-10,13-14H2,(H,22,25)/p+2. The molecule has 3 rings (SSSR count). The van der Waals surface area contributed by atoms with Gasteiger partial charge in [-0.3, -0.25) is 4.79 Å². The van der Waals surface area contributed by atoms with Crippen LogP contribution < -0.4 is 15.1 Å². The fourth-order valence-electron chi connectivity index (χ4n) is 3.24. The third kappa shape index (κ3) is 5.53. The fraction of sp³-hybridized carbons (Fsp3) is 0.316. The highest BCUT2D eigenvalue weighted by Gasteiger charge is 2.24. The summed E-state index contributed by atoms with van der Waals surface area (Å²) in [6.45, 7) is 5.33. The zero-order valence-corrected chi connectivity index (χ0v) is 14.8. The van der Waals surface area contributed by atoms with Crippen LogP contribution in [0.4, 0.5) is 10.1 Å². The highest BCUT2D eigenvalue weighted by Crippen LogP contribution is 2.09. The Balaban J connectivity index is 1.43. The fourth-order valence-corrected chi connectivity index (χ4v) is 3.46. The van der Waals surface area contributed by atoms with Crippen LogP contribution in [0.5, 0.6) is 0 Å². The third-order valence-electron chi connectivity index (χ3n) is 4.53. The van der Waals surface area contributed by atoms with Gasteiger partial charge in [-0.2, -0.15) is 0 Å². The molecule has 25 heavy (non-hydrogen) atoms. The van der Waals surface area contributed by atoms with E-state index in [1.807, 2.05) is 18.2 Å². The Morgan fingerprint density at radius 1 is 1.04 bits per heavy atom. The highest BCUT2D eigenvalue weighted by molar-refractivity contribution is 6.30. The first kappa shape index (κ1) is 17.9. The maximum atomic E-state index is 13.2. The second-order valence-corrected chi connectivity index (χ2v) is 6.98. The predicted octanol–water partition coefficient (Wildman–Crippen LogP) is 0.401. The predicted molar refractivity (Wildman–Crippen MR) is 96.4 cm³/mol. The zero-order chi connectivity index (χ0) is 17.6. The summed E-state index contributed by atoms with van der Waals surface area (Å²) in [5.41, 5.74) is 1.75. The van der Waals surface area contributed by atoms with Crippen molar-refractivity contribution < 1.29 is 19.0 Å². The van der Waals surface area contributed by atoms with E-state index in [4.69, 9.17) is 11.6 Å². The number of benzene rings is 2. The van der Waals surface area contributed by atoms with Crippen molar-refractivity contribution in [3.8, 4) is 0 Å². The number of amides is 1. The zero-order valence-electron chi connectivity index (χ0n) is 14.0. The molecular formula is C19H23ClFN3O+2. The van der Waals surface area contributed by atoms with Crippen LogP contribution in [0, 0.1) is 5.82 Å². The minimum atomic E-state index is -0.344. The van der Waals surface area contributed by atoms with Crippen LogP contribution in [-0.4, -0.2) is 38.6 Å². The van der Waals surface area contributed by atoms with Gasteiger partial charge in [0.15, 0.2) is 6.54 Å². The average Bonchev–Trinajstić information content (AvgIpc) is 2.57. The monoisotopic (exact) mass is 363 g/mol. The summed E-state index contributed by atoms with van der Waals surface area (Å²) in [4.78, 5) is 14.9. The third-order valence-corrected chi connectivity index (χ3v) is 4.76. The quantitative estimate of drug-likeness (QED) is 0.707. The summed E-state index contributed by atoms with van der Waals surface area (Å²) in [6.07, 6.45) is 0. The Morgan fingerprint density at radius 3 is 2.48 bits per heavy atom. The lowest BCUT2D eigenvalue weighted by Gasteiger charge is -2.29. The van der Waals surface area contributed by atoms with E-state index >= 15 is 0 Å². The molecule has 2 aromatic rings. The molecule has 1 aliphatic heterocycles. The van der Waals surface area contributed by atoms with E-state index in [2.05, 4.69) is 11.4 Å². The summed E-state index contributed by atoms with van der Waals surface area (Å²) < 4.78 is 13.2. The van der Waals surface area contributed by atoms with Crippen molar-refractivity contribution in [2.75, 3.05) is 38.0 Å². The molecule has 1 aliphatic rings. The number of anilines is 1. The summed E-state index contributed by atoms with van der Waals surface area (Å²) in [5, 5.41) is 3.54. The molecule has 6 heteroatoms. The molecule has 3 N–H and O–H groups in total. The molecule has 0 unspecified atom stereocenters. The van der Waals surface area contributed by atoms with Gasteiger partial charge in [-0.1, -0.05) is 29.8 Å². The molecule has 2 aromatic carbocycles. The minimum absolute atomic E-state index is 0.0705. The number of hydrogen-bond acceptors (Lipinski definition) is 1. The van der Waals surface area contributed by atoms with E-state index in [1.165, 1.54) is 27.5 Å². The van der Waals surface area contributed by atoms with E-state index in [1.54, 1.807) is 12.1 Å². The van der Waals surface area contributed by atoms with Crippen LogP contribution in [0.25, 0.3) is 0 Å². The van der Waals surface area contributed by atoms with Crippen LogP contribution in [0.3, 0.4) is 0 Å². The molecule has 1 saturated heterocycles. The van der Waals surface area contributed by atoms with Gasteiger partial charge in [-0.25, -0.2) is 4.39 Å². The lowest BCUT2D eigenvalue weighted by Crippen LogP contribution is -3.28. The van der Waals surface area contributed by atoms with Gasteiger partial charge in [-0.05, 0) is 30.3 Å². The summed E-state index contributed by atoms with van der Waals surface area (Å²) in [5.74, 6) is -0.415. The van der Waals surface area contributed by atoms with Gasteiger partial charge in [0, 0.05) is 16.3 Å². The first-order valence-electron chi connectivity index (χ1n) is 8.55. The number of piperazine rings is 1. The van der Waals surface area contributed by atoms with E-state index in [0.717, 1.165) is 37.7 Å². The van der Waals surface area contributed by atoms with Crippen LogP contribution >= 0.6 is 11.6 Å². The Morgan fingerprint density at radius 2 is 1.76 bits per heavy atom. The number of nitrogens with one attached hydrogen (secondary N) is 3. The van der Waals surface area contributed by atoms with Crippen molar-refractivity contribution in [1.29, 1.82) is 0 Å². The lowest BCUT2D eigenvalue weighted by molar-refractivity contribution is -1.02. The van der Waals surface area contributed by atoms with Crippen LogP contribution in [0.15, 0.2) is 48.5 Å². The van der Waals surface area contributed by atoms with Crippen molar-refractivity contribution in [2.24, 2.45) is 0 Å². The van der Waals surface area contributed by atoms with Crippen molar-refractivity contribution in [3.05, 3.63) is 64.9 Å². The molecule has 0 aromatic heterocycles. The molecule has 4 nitrogen and oxygen atoms in total. The smallest absolute Gasteiger partial charge is 0.279 e. The Bertz CT molecular complexity index is 732. The lowest BCUT2D eigenvalue weighted by atomic mass is 10.2. The number of hydrogen-bond donors (Lipinski definition) is 3. The van der Waals surface area contributed by atoms with Gasteiger partial charge in [0.25, 0.3) is 5.91 Å². The summed E-state index contributed by atoms with van der Waals surface area (Å²) in [7, 11) is 0. The molecular weight excluding hydrogens is 341 g/mol. The Kier molecular flexibility index (Phi) is 6.02. The first-order valence-corrected chi connectivity index (χ1v) is 8.93. The largest absolute Gasteiger partial charge is 0.322 e. The van der Waals surface area contributed by atoms with E-state index in [-0.39, 0.29) is 11.7 Å². The topological polar surface area (TPSA) is 38.0 Å². The van der Waals surface area contributed by atoms with Crippen molar-refractivity contribution in [3.63, 3.8) is 0 Å². The van der Waals surface area contributed by atoms with E-state index in [9.17, 15) is 9.18 Å². The van der Waals surface area contributed by atoms with Crippen LogP contribution in [0.1, 0.15) is 5.56 Å². The van der Waals surface area contributed by atoms with Crippen molar-refractivity contribution >= 4 is 23.2 Å². The van der Waals surface area contributed by atoms with Gasteiger partial charge in [0.1, 0.15) is 38.5 Å². The molecule has 132 valence electrons. The van der Waals surface area contributed by atoms with Crippen LogP contribution in [0.2, 0.25) is 5.02 Å². The molecule has 0 radical (unpaired) electrons. The van der Waals surface area contributed by atoms with E-state index in [0.29, 0.717) is 12.2 Å². The highest BCUT2D eigenvalue weighted by atomic mass is 35.5. The molecule has 1 fully saturated rings. The number of halogens is 2. The van der Waals surface area contributed by atoms with Gasteiger partial charge in [0.05, 0.1) is 0 Å². The summed E-state index contributed by atoms with van der Waals surface area (Å²) in [6, 6.07) is 14.0. The normalized spacial score (nSPS) is 20.2. The molecule has 0 spiro atoms. The molecule has 0 aliphatic carbocycles. The molecule has 1 heterocycles. The van der Waals surface area contributed by atoms with Crippen molar-refractivity contribution in [2.45, 2.75) is 6.54 Å². The second kappa shape index (κ2) is 8.43. The second-order valence-electron chi connectivity index (χ2n) is 6.54. The van der Waals surface area contributed by atoms with Gasteiger partial charge >= 0.3 is 0 Å². The maximum absolute atomic E-state index is 13.2. The summed E-state index contributed by atoms with van der Waals surface area (Å²) >= 11 is 6.04. The number of carbonyl (C=O) groups excluding carboxylic acids is 1. The average molecular weight is 364 g/mol. The number of quaternary nitrogens is 2. The van der Waals surface area contributed by atoms with Gasteiger partial charge in [-0.15, -0.1) is 0 Å². The molecule has 0 saturated carbocycles. The molecule has 0 bridgehead atoms. The van der Waals surface area contributed by atoms with Gasteiger partial charge in [0.2, 0.25) is 0 Å². The Hall–Kier alpha value is -1.95. The molecule has 0 atom stereocenters. The minimum Gasteiger partial charge on any atom is -0.322 e. The maximum Gasteiger partial charge on any atom is 0.279 e. The number of rotatable bonds is 5.